The first-order chi connectivity index (χ1) is 10.1. The van der Waals surface area contributed by atoms with Gasteiger partial charge in [0, 0.05) is 24.5 Å². The van der Waals surface area contributed by atoms with Crippen molar-refractivity contribution in [1.29, 1.82) is 0 Å². The van der Waals surface area contributed by atoms with E-state index in [1.807, 2.05) is 4.90 Å². The minimum Gasteiger partial charge on any atom is -0.342 e. The SMILES string of the molecule is CC(Cc1cccc(C2(N)CC2)c1)C(=O)N1CCCCC1. The van der Waals surface area contributed by atoms with E-state index >= 15 is 0 Å². The van der Waals surface area contributed by atoms with Crippen molar-refractivity contribution < 1.29 is 4.79 Å². The lowest BCUT2D eigenvalue weighted by atomic mass is 9.95. The van der Waals surface area contributed by atoms with Crippen LogP contribution in [0.15, 0.2) is 24.3 Å². The highest BCUT2D eigenvalue weighted by molar-refractivity contribution is 5.78. The molecule has 1 saturated carbocycles. The number of carbonyl (C=O) groups excluding carboxylic acids is 1. The Morgan fingerprint density at radius 3 is 2.67 bits per heavy atom. The molecule has 0 bridgehead atoms. The summed E-state index contributed by atoms with van der Waals surface area (Å²) in [6.07, 6.45) is 6.56. The molecular weight excluding hydrogens is 260 g/mol. The maximum Gasteiger partial charge on any atom is 0.225 e. The number of nitrogens with two attached hydrogens (primary N) is 1. The molecule has 3 heteroatoms. The molecule has 1 heterocycles. The first-order valence-corrected chi connectivity index (χ1v) is 8.26. The van der Waals surface area contributed by atoms with Crippen molar-refractivity contribution in [3.63, 3.8) is 0 Å². The second-order valence-electron chi connectivity index (χ2n) is 6.85. The van der Waals surface area contributed by atoms with Crippen LogP contribution in [-0.2, 0) is 16.8 Å². The summed E-state index contributed by atoms with van der Waals surface area (Å²) >= 11 is 0. The third kappa shape index (κ3) is 3.29. The zero-order chi connectivity index (χ0) is 14.9. The third-order valence-corrected chi connectivity index (χ3v) is 4.92. The molecule has 1 amide bonds. The van der Waals surface area contributed by atoms with Crippen LogP contribution in [0.4, 0.5) is 0 Å². The van der Waals surface area contributed by atoms with Crippen LogP contribution in [0.25, 0.3) is 0 Å². The van der Waals surface area contributed by atoms with E-state index in [-0.39, 0.29) is 11.5 Å². The number of carbonyl (C=O) groups is 1. The van der Waals surface area contributed by atoms with E-state index in [9.17, 15) is 4.79 Å². The highest BCUT2D eigenvalue weighted by Crippen LogP contribution is 2.42. The molecule has 3 nitrogen and oxygen atoms in total. The highest BCUT2D eigenvalue weighted by atomic mass is 16.2. The lowest BCUT2D eigenvalue weighted by Crippen LogP contribution is -2.39. The van der Waals surface area contributed by atoms with Crippen LogP contribution in [0.5, 0.6) is 0 Å². The minimum absolute atomic E-state index is 0.0614. The maximum absolute atomic E-state index is 12.5. The Hall–Kier alpha value is -1.35. The normalized spacial score (nSPS) is 21.9. The molecule has 1 aliphatic heterocycles. The molecule has 1 aromatic carbocycles. The summed E-state index contributed by atoms with van der Waals surface area (Å²) in [6.45, 7) is 3.93. The van der Waals surface area contributed by atoms with E-state index < -0.39 is 0 Å². The van der Waals surface area contributed by atoms with Crippen molar-refractivity contribution in [3.8, 4) is 0 Å². The van der Waals surface area contributed by atoms with Gasteiger partial charge in [0.05, 0.1) is 0 Å². The Morgan fingerprint density at radius 1 is 1.29 bits per heavy atom. The first kappa shape index (κ1) is 14.6. The largest absolute Gasteiger partial charge is 0.342 e. The van der Waals surface area contributed by atoms with Crippen molar-refractivity contribution >= 4 is 5.91 Å². The van der Waals surface area contributed by atoms with Gasteiger partial charge in [0.1, 0.15) is 0 Å². The summed E-state index contributed by atoms with van der Waals surface area (Å²) in [6, 6.07) is 8.52. The molecule has 114 valence electrons. The fourth-order valence-corrected chi connectivity index (χ4v) is 3.30. The van der Waals surface area contributed by atoms with Crippen LogP contribution in [0.1, 0.15) is 50.2 Å². The van der Waals surface area contributed by atoms with Crippen LogP contribution in [-0.4, -0.2) is 23.9 Å². The van der Waals surface area contributed by atoms with Gasteiger partial charge in [-0.3, -0.25) is 4.79 Å². The Morgan fingerprint density at radius 2 is 2.00 bits per heavy atom. The number of amides is 1. The number of rotatable bonds is 4. The molecule has 1 aromatic rings. The molecule has 1 unspecified atom stereocenters. The van der Waals surface area contributed by atoms with Crippen LogP contribution >= 0.6 is 0 Å². The van der Waals surface area contributed by atoms with E-state index in [0.717, 1.165) is 45.2 Å². The van der Waals surface area contributed by atoms with E-state index in [4.69, 9.17) is 5.73 Å². The zero-order valence-electron chi connectivity index (χ0n) is 13.0. The summed E-state index contributed by atoms with van der Waals surface area (Å²) in [5, 5.41) is 0. The molecule has 1 atom stereocenters. The fraction of sp³-hybridized carbons (Fsp3) is 0.611. The van der Waals surface area contributed by atoms with Gasteiger partial charge in [-0.1, -0.05) is 31.2 Å². The van der Waals surface area contributed by atoms with E-state index in [0.29, 0.717) is 5.91 Å². The molecule has 1 saturated heterocycles. The van der Waals surface area contributed by atoms with Gasteiger partial charge in [0.15, 0.2) is 0 Å². The van der Waals surface area contributed by atoms with E-state index in [1.54, 1.807) is 0 Å². The lowest BCUT2D eigenvalue weighted by molar-refractivity contribution is -0.135. The fourth-order valence-electron chi connectivity index (χ4n) is 3.30. The summed E-state index contributed by atoms with van der Waals surface area (Å²) in [7, 11) is 0. The quantitative estimate of drug-likeness (QED) is 0.925. The standard InChI is InChI=1S/C18H26N2O/c1-14(17(21)20-10-3-2-4-11-20)12-15-6-5-7-16(13-15)18(19)8-9-18/h5-7,13-14H,2-4,8-12,19H2,1H3. The minimum atomic E-state index is -0.0872. The summed E-state index contributed by atoms with van der Waals surface area (Å²) in [5.41, 5.74) is 8.65. The van der Waals surface area contributed by atoms with Crippen molar-refractivity contribution in [3.05, 3.63) is 35.4 Å². The molecule has 2 aliphatic rings. The Labute approximate surface area is 127 Å². The highest BCUT2D eigenvalue weighted by Gasteiger charge is 2.39. The van der Waals surface area contributed by atoms with Gasteiger partial charge in [0.25, 0.3) is 0 Å². The van der Waals surface area contributed by atoms with Crippen LogP contribution in [0.3, 0.4) is 0 Å². The van der Waals surface area contributed by atoms with Crippen LogP contribution < -0.4 is 5.73 Å². The van der Waals surface area contributed by atoms with Crippen molar-refractivity contribution in [2.75, 3.05) is 13.1 Å². The van der Waals surface area contributed by atoms with Gasteiger partial charge >= 0.3 is 0 Å². The van der Waals surface area contributed by atoms with Gasteiger partial charge in [-0.2, -0.15) is 0 Å². The molecule has 1 aliphatic carbocycles. The first-order valence-electron chi connectivity index (χ1n) is 8.26. The monoisotopic (exact) mass is 286 g/mol. The number of nitrogens with zero attached hydrogens (tertiary/aromatic N) is 1. The average Bonchev–Trinajstić information content (AvgIpc) is 3.27. The number of benzene rings is 1. The summed E-state index contributed by atoms with van der Waals surface area (Å²) in [5.74, 6) is 0.375. The average molecular weight is 286 g/mol. The molecule has 3 rings (SSSR count). The molecule has 2 N–H and O–H groups in total. The van der Waals surface area contributed by atoms with Crippen molar-refractivity contribution in [1.82, 2.24) is 4.90 Å². The second kappa shape index (κ2) is 5.80. The molecule has 2 fully saturated rings. The molecule has 0 aromatic heterocycles. The third-order valence-electron chi connectivity index (χ3n) is 4.92. The number of likely N-dealkylation sites (tertiary alicyclic amines) is 1. The molecule has 0 spiro atoms. The predicted octanol–water partition coefficient (Wildman–Crippen LogP) is 2.83. The molecular formula is C18H26N2O. The zero-order valence-corrected chi connectivity index (χ0v) is 13.0. The van der Waals surface area contributed by atoms with Crippen LogP contribution in [0.2, 0.25) is 0 Å². The molecule has 0 radical (unpaired) electrons. The van der Waals surface area contributed by atoms with Crippen molar-refractivity contribution in [2.45, 2.75) is 51.0 Å². The number of hydrogen-bond acceptors (Lipinski definition) is 2. The Bertz CT molecular complexity index is 516. The van der Waals surface area contributed by atoms with Gasteiger partial charge in [0.2, 0.25) is 5.91 Å². The Kier molecular flexibility index (Phi) is 4.03. The smallest absolute Gasteiger partial charge is 0.225 e. The van der Waals surface area contributed by atoms with Gasteiger partial charge in [-0.05, 0) is 49.7 Å². The lowest BCUT2D eigenvalue weighted by Gasteiger charge is -2.29. The predicted molar refractivity (Wildman–Crippen MR) is 84.8 cm³/mol. The topological polar surface area (TPSA) is 46.3 Å². The van der Waals surface area contributed by atoms with Gasteiger partial charge in [-0.25, -0.2) is 0 Å². The second-order valence-corrected chi connectivity index (χ2v) is 6.85. The summed E-state index contributed by atoms with van der Waals surface area (Å²) < 4.78 is 0. The van der Waals surface area contributed by atoms with Gasteiger partial charge in [-0.15, -0.1) is 0 Å². The number of piperidine rings is 1. The maximum atomic E-state index is 12.5. The number of hydrogen-bond donors (Lipinski definition) is 1. The van der Waals surface area contributed by atoms with Crippen molar-refractivity contribution in [2.24, 2.45) is 11.7 Å². The Balaban J connectivity index is 1.64. The molecule has 21 heavy (non-hydrogen) atoms. The van der Waals surface area contributed by atoms with Gasteiger partial charge < -0.3 is 10.6 Å². The summed E-state index contributed by atoms with van der Waals surface area (Å²) in [4.78, 5) is 14.5. The van der Waals surface area contributed by atoms with E-state index in [2.05, 4.69) is 31.2 Å². The van der Waals surface area contributed by atoms with E-state index in [1.165, 1.54) is 17.5 Å². The van der Waals surface area contributed by atoms with Crippen LogP contribution in [0, 0.1) is 5.92 Å².